The molecular weight excluding hydrogens is 272 g/mol. The first-order valence-electron chi connectivity index (χ1n) is 3.93. The van der Waals surface area contributed by atoms with E-state index in [2.05, 4.69) is 0 Å². The van der Waals surface area contributed by atoms with Gasteiger partial charge in [-0.15, -0.1) is 0 Å². The van der Waals surface area contributed by atoms with Crippen molar-refractivity contribution >= 4 is 24.3 Å². The Morgan fingerprint density at radius 2 is 1.94 bits per heavy atom. The van der Waals surface area contributed by atoms with Gasteiger partial charge in [0.25, 0.3) is 5.69 Å². The van der Waals surface area contributed by atoms with Gasteiger partial charge in [-0.2, -0.15) is 0 Å². The predicted octanol–water partition coefficient (Wildman–Crippen LogP) is 0.181. The molecule has 16 heavy (non-hydrogen) atoms. The Labute approximate surface area is 137 Å². The van der Waals surface area contributed by atoms with Crippen molar-refractivity contribution in [2.24, 2.45) is 0 Å². The van der Waals surface area contributed by atoms with Crippen molar-refractivity contribution in [2.45, 2.75) is 6.32 Å². The van der Waals surface area contributed by atoms with E-state index < -0.39 is 29.5 Å². The van der Waals surface area contributed by atoms with E-state index in [1.807, 2.05) is 0 Å². The molecule has 1 aromatic rings. The number of hydrogen-bond acceptors (Lipinski definition) is 2. The van der Waals surface area contributed by atoms with E-state index in [-0.39, 0.29) is 56.4 Å². The standard InChI is InChI=1S/C7H5BClF3NO2.K/c9-6-1-2-7(13(14)15)5(3-6)4-8(10,11)12;/h1-3H,4H2;/q-1;+1. The molecule has 0 aliphatic carbocycles. The van der Waals surface area contributed by atoms with Gasteiger partial charge in [0.2, 0.25) is 0 Å². The van der Waals surface area contributed by atoms with Gasteiger partial charge in [0.15, 0.2) is 0 Å². The summed E-state index contributed by atoms with van der Waals surface area (Å²) < 4.78 is 36.3. The van der Waals surface area contributed by atoms with E-state index >= 15 is 0 Å². The number of hydrogen-bond donors (Lipinski definition) is 0. The Bertz CT molecular complexity index is 402. The van der Waals surface area contributed by atoms with Crippen LogP contribution in [0.25, 0.3) is 0 Å². The van der Waals surface area contributed by atoms with Gasteiger partial charge in [-0.3, -0.25) is 10.1 Å². The van der Waals surface area contributed by atoms with Crippen LogP contribution in [-0.2, 0) is 6.32 Å². The molecule has 82 valence electrons. The zero-order valence-corrected chi connectivity index (χ0v) is 12.2. The maximum absolute atomic E-state index is 12.1. The average Bonchev–Trinajstić information content (AvgIpc) is 1.99. The van der Waals surface area contributed by atoms with E-state index in [9.17, 15) is 23.1 Å². The van der Waals surface area contributed by atoms with Crippen molar-refractivity contribution in [3.05, 3.63) is 38.9 Å². The SMILES string of the molecule is O=[N+]([O-])c1ccc(Cl)cc1C[B-](F)(F)F.[K+]. The van der Waals surface area contributed by atoms with E-state index in [0.29, 0.717) is 0 Å². The molecule has 0 saturated heterocycles. The Kier molecular flexibility index (Phi) is 6.52. The summed E-state index contributed by atoms with van der Waals surface area (Å²) in [7, 11) is 0. The first-order chi connectivity index (χ1) is 6.79. The van der Waals surface area contributed by atoms with Crippen LogP contribution in [0.4, 0.5) is 18.6 Å². The molecule has 0 aromatic heterocycles. The monoisotopic (exact) mass is 277 g/mol. The molecule has 0 radical (unpaired) electrons. The molecule has 1 aromatic carbocycles. The molecule has 0 atom stereocenters. The second-order valence-electron chi connectivity index (χ2n) is 2.94. The van der Waals surface area contributed by atoms with Crippen LogP contribution in [0.2, 0.25) is 5.02 Å². The number of halogens is 4. The molecule has 0 spiro atoms. The van der Waals surface area contributed by atoms with Crippen molar-refractivity contribution in [3.8, 4) is 0 Å². The van der Waals surface area contributed by atoms with Crippen LogP contribution in [0.3, 0.4) is 0 Å². The molecule has 0 unspecified atom stereocenters. The van der Waals surface area contributed by atoms with E-state index in [1.54, 1.807) is 0 Å². The molecule has 0 bridgehead atoms. The van der Waals surface area contributed by atoms with Gasteiger partial charge in [0, 0.05) is 16.7 Å². The van der Waals surface area contributed by atoms with Gasteiger partial charge in [-0.25, -0.2) is 0 Å². The fourth-order valence-electron chi connectivity index (χ4n) is 1.15. The smallest absolute Gasteiger partial charge is 0.449 e. The van der Waals surface area contributed by atoms with Gasteiger partial charge < -0.3 is 12.9 Å². The largest absolute Gasteiger partial charge is 1.00 e. The molecule has 9 heteroatoms. The van der Waals surface area contributed by atoms with Crippen LogP contribution in [-0.4, -0.2) is 11.9 Å². The summed E-state index contributed by atoms with van der Waals surface area (Å²) in [6, 6.07) is 3.13. The first kappa shape index (κ1) is 16.4. The first-order valence-corrected chi connectivity index (χ1v) is 4.31. The molecule has 0 fully saturated rings. The number of nitro benzene ring substituents is 1. The van der Waals surface area contributed by atoms with Crippen LogP contribution < -0.4 is 51.4 Å². The van der Waals surface area contributed by atoms with Crippen molar-refractivity contribution in [2.75, 3.05) is 0 Å². The van der Waals surface area contributed by atoms with Gasteiger partial charge >= 0.3 is 58.4 Å². The zero-order valence-electron chi connectivity index (χ0n) is 8.29. The Balaban J connectivity index is 0.00000225. The third-order valence-electron chi connectivity index (χ3n) is 1.69. The van der Waals surface area contributed by atoms with Crippen LogP contribution in [0.15, 0.2) is 18.2 Å². The summed E-state index contributed by atoms with van der Waals surface area (Å²) >= 11 is 5.47. The van der Waals surface area contributed by atoms with Crippen molar-refractivity contribution in [1.29, 1.82) is 0 Å². The summed E-state index contributed by atoms with van der Waals surface area (Å²) in [6.07, 6.45) is -1.29. The predicted molar refractivity (Wildman–Crippen MR) is 50.9 cm³/mol. The topological polar surface area (TPSA) is 43.1 Å². The maximum atomic E-state index is 12.1. The summed E-state index contributed by atoms with van der Waals surface area (Å²) in [5, 5.41) is 10.5. The third kappa shape index (κ3) is 5.15. The van der Waals surface area contributed by atoms with Crippen LogP contribution in [0.1, 0.15) is 5.56 Å². The average molecular weight is 277 g/mol. The molecule has 1 rings (SSSR count). The normalized spacial score (nSPS) is 10.8. The molecule has 0 saturated carbocycles. The quantitative estimate of drug-likeness (QED) is 0.449. The van der Waals surface area contributed by atoms with E-state index in [0.717, 1.165) is 12.1 Å². The van der Waals surface area contributed by atoms with Crippen LogP contribution >= 0.6 is 11.6 Å². The Morgan fingerprint density at radius 3 is 2.38 bits per heavy atom. The maximum Gasteiger partial charge on any atom is 1.00 e. The second-order valence-corrected chi connectivity index (χ2v) is 3.38. The Morgan fingerprint density at radius 1 is 1.38 bits per heavy atom. The van der Waals surface area contributed by atoms with Crippen molar-refractivity contribution in [1.82, 2.24) is 0 Å². The minimum absolute atomic E-state index is 0. The molecule has 0 aliphatic heterocycles. The molecule has 0 N–H and O–H groups in total. The van der Waals surface area contributed by atoms with Crippen molar-refractivity contribution in [3.63, 3.8) is 0 Å². The fourth-order valence-corrected chi connectivity index (χ4v) is 1.34. The van der Waals surface area contributed by atoms with Gasteiger partial charge in [-0.1, -0.05) is 17.9 Å². The van der Waals surface area contributed by atoms with E-state index in [4.69, 9.17) is 11.6 Å². The number of benzene rings is 1. The second kappa shape index (κ2) is 6.37. The molecule has 0 heterocycles. The fraction of sp³-hybridized carbons (Fsp3) is 0.143. The number of nitrogens with zero attached hydrogens (tertiary/aromatic N) is 1. The summed E-state index contributed by atoms with van der Waals surface area (Å²) in [4.78, 5) is 9.57. The third-order valence-corrected chi connectivity index (χ3v) is 1.92. The molecule has 3 nitrogen and oxygen atoms in total. The molecule has 0 aliphatic rings. The number of rotatable bonds is 3. The van der Waals surface area contributed by atoms with Gasteiger partial charge in [-0.05, 0) is 12.1 Å². The van der Waals surface area contributed by atoms with Crippen molar-refractivity contribution < 1.29 is 69.3 Å². The molecular formula is C7H5BClF3KNO2. The summed E-state index contributed by atoms with van der Waals surface area (Å²) in [6.45, 7) is -5.11. The van der Waals surface area contributed by atoms with E-state index in [1.165, 1.54) is 6.07 Å². The Hall–Kier alpha value is 0.401. The van der Waals surface area contributed by atoms with Gasteiger partial charge in [0.1, 0.15) is 0 Å². The zero-order chi connectivity index (χ0) is 11.6. The minimum Gasteiger partial charge on any atom is -0.449 e. The minimum atomic E-state index is -5.11. The summed E-state index contributed by atoms with van der Waals surface area (Å²) in [5.41, 5.74) is -0.960. The summed E-state index contributed by atoms with van der Waals surface area (Å²) in [5.74, 6) is 0. The van der Waals surface area contributed by atoms with Crippen LogP contribution in [0.5, 0.6) is 0 Å². The van der Waals surface area contributed by atoms with Crippen LogP contribution in [0, 0.1) is 10.1 Å². The van der Waals surface area contributed by atoms with Gasteiger partial charge in [0.05, 0.1) is 4.92 Å². The molecule has 0 amide bonds. The number of nitro groups is 1.